The van der Waals surface area contributed by atoms with Crippen LogP contribution < -0.4 is 5.73 Å². The molecule has 0 unspecified atom stereocenters. The summed E-state index contributed by atoms with van der Waals surface area (Å²) in [6.45, 7) is -0.160. The van der Waals surface area contributed by atoms with Crippen molar-refractivity contribution in [2.24, 2.45) is 0 Å². The largest absolute Gasteiger partial charge is 0.398 e. The number of thiophene rings is 1. The van der Waals surface area contributed by atoms with Gasteiger partial charge in [0.25, 0.3) is 0 Å². The molecule has 0 radical (unpaired) electrons. The number of benzene rings is 1. The molecule has 3 nitrogen and oxygen atoms in total. The van der Waals surface area contributed by atoms with E-state index in [0.29, 0.717) is 16.8 Å². The molecule has 1 aromatic heterocycles. The van der Waals surface area contributed by atoms with E-state index >= 15 is 0 Å². The Morgan fingerprint density at radius 3 is 2.93 bits per heavy atom. The first kappa shape index (κ1) is 9.18. The van der Waals surface area contributed by atoms with Gasteiger partial charge in [0.15, 0.2) is 0 Å². The van der Waals surface area contributed by atoms with Crippen LogP contribution in [0.1, 0.15) is 15.9 Å². The van der Waals surface area contributed by atoms with Gasteiger partial charge in [0.2, 0.25) is 0 Å². The smallest absolute Gasteiger partial charge is 0.150 e. The van der Waals surface area contributed by atoms with Crippen LogP contribution in [0.5, 0.6) is 0 Å². The zero-order chi connectivity index (χ0) is 10.1. The van der Waals surface area contributed by atoms with Crippen LogP contribution in [0.25, 0.3) is 10.1 Å². The lowest BCUT2D eigenvalue weighted by Crippen LogP contribution is -1.94. The number of aldehydes is 1. The van der Waals surface area contributed by atoms with Crippen LogP contribution in [0, 0.1) is 0 Å². The average Bonchev–Trinajstić information content (AvgIpc) is 2.59. The number of rotatable bonds is 2. The van der Waals surface area contributed by atoms with Gasteiger partial charge in [-0.1, -0.05) is 0 Å². The van der Waals surface area contributed by atoms with Gasteiger partial charge in [0.1, 0.15) is 6.29 Å². The number of hydrogen-bond acceptors (Lipinski definition) is 4. The topological polar surface area (TPSA) is 63.3 Å². The van der Waals surface area contributed by atoms with Crippen LogP contribution in [0.4, 0.5) is 5.69 Å². The Labute approximate surface area is 84.8 Å². The van der Waals surface area contributed by atoms with Gasteiger partial charge in [-0.05, 0) is 17.7 Å². The maximum absolute atomic E-state index is 10.7. The Bertz CT molecular complexity index is 490. The maximum Gasteiger partial charge on any atom is 0.150 e. The standard InChI is InChI=1S/C10H9NO2S/c11-8-5-14-9-2-1-6(3-12)7(4-13)10(8)9/h1-3,5,13H,4,11H2. The van der Waals surface area contributed by atoms with E-state index in [1.165, 1.54) is 11.3 Å². The molecule has 0 aliphatic carbocycles. The lowest BCUT2D eigenvalue weighted by atomic mass is 10.0. The second-order valence-corrected chi connectivity index (χ2v) is 3.88. The van der Waals surface area contributed by atoms with Crippen molar-refractivity contribution in [1.82, 2.24) is 0 Å². The first-order valence-electron chi connectivity index (χ1n) is 4.12. The van der Waals surface area contributed by atoms with Gasteiger partial charge in [0.05, 0.1) is 12.3 Å². The Hall–Kier alpha value is -1.39. The molecule has 72 valence electrons. The number of aliphatic hydroxyl groups is 1. The van der Waals surface area contributed by atoms with Crippen molar-refractivity contribution in [3.8, 4) is 0 Å². The molecule has 0 saturated heterocycles. The summed E-state index contributed by atoms with van der Waals surface area (Å²) in [6, 6.07) is 3.55. The number of nitrogens with two attached hydrogens (primary N) is 1. The highest BCUT2D eigenvalue weighted by molar-refractivity contribution is 7.17. The minimum Gasteiger partial charge on any atom is -0.398 e. The number of fused-ring (bicyclic) bond motifs is 1. The van der Waals surface area contributed by atoms with Crippen molar-refractivity contribution in [3.63, 3.8) is 0 Å². The number of hydrogen-bond donors (Lipinski definition) is 2. The summed E-state index contributed by atoms with van der Waals surface area (Å²) in [5.74, 6) is 0. The van der Waals surface area contributed by atoms with E-state index < -0.39 is 0 Å². The molecule has 0 aliphatic heterocycles. The summed E-state index contributed by atoms with van der Waals surface area (Å²) in [5.41, 5.74) is 7.51. The highest BCUT2D eigenvalue weighted by atomic mass is 32.1. The van der Waals surface area contributed by atoms with Crippen molar-refractivity contribution in [2.45, 2.75) is 6.61 Å². The monoisotopic (exact) mass is 207 g/mol. The average molecular weight is 207 g/mol. The first-order valence-corrected chi connectivity index (χ1v) is 5.00. The van der Waals surface area contributed by atoms with Crippen molar-refractivity contribution in [3.05, 3.63) is 28.6 Å². The molecule has 4 heteroatoms. The highest BCUT2D eigenvalue weighted by Crippen LogP contribution is 2.32. The fourth-order valence-electron chi connectivity index (χ4n) is 1.52. The minimum atomic E-state index is -0.160. The van der Waals surface area contributed by atoms with Crippen molar-refractivity contribution >= 4 is 33.4 Å². The third-order valence-corrected chi connectivity index (χ3v) is 3.16. The number of carbonyl (C=O) groups excluding carboxylic acids is 1. The number of nitrogen functional groups attached to an aromatic ring is 1. The molecule has 2 aromatic rings. The normalized spacial score (nSPS) is 10.6. The predicted molar refractivity (Wildman–Crippen MR) is 57.5 cm³/mol. The van der Waals surface area contributed by atoms with Crippen LogP contribution >= 0.6 is 11.3 Å². The summed E-state index contributed by atoms with van der Waals surface area (Å²) < 4.78 is 0.997. The molecular weight excluding hydrogens is 198 g/mol. The third-order valence-electron chi connectivity index (χ3n) is 2.20. The molecule has 1 heterocycles. The molecule has 2 rings (SSSR count). The van der Waals surface area contributed by atoms with Gasteiger partial charge in [0, 0.05) is 21.0 Å². The summed E-state index contributed by atoms with van der Waals surface area (Å²) >= 11 is 1.51. The summed E-state index contributed by atoms with van der Waals surface area (Å²) in [4.78, 5) is 10.7. The Morgan fingerprint density at radius 2 is 2.29 bits per heavy atom. The van der Waals surface area contributed by atoms with E-state index in [0.717, 1.165) is 16.4 Å². The van der Waals surface area contributed by atoms with Crippen molar-refractivity contribution in [1.29, 1.82) is 0 Å². The second kappa shape index (κ2) is 3.40. The summed E-state index contributed by atoms with van der Waals surface area (Å²) in [7, 11) is 0. The van der Waals surface area contributed by atoms with Crippen molar-refractivity contribution in [2.75, 3.05) is 5.73 Å². The molecule has 1 aromatic carbocycles. The van der Waals surface area contributed by atoms with Gasteiger partial charge in [-0.3, -0.25) is 4.79 Å². The Balaban J connectivity index is 2.87. The van der Waals surface area contributed by atoms with Gasteiger partial charge < -0.3 is 10.8 Å². The van der Waals surface area contributed by atoms with Crippen molar-refractivity contribution < 1.29 is 9.90 Å². The first-order chi connectivity index (χ1) is 6.77. The zero-order valence-corrected chi connectivity index (χ0v) is 8.17. The van der Waals surface area contributed by atoms with Crippen LogP contribution in [0.15, 0.2) is 17.5 Å². The number of aliphatic hydroxyl groups excluding tert-OH is 1. The number of carbonyl (C=O) groups is 1. The molecule has 0 atom stereocenters. The van der Waals surface area contributed by atoms with E-state index in [9.17, 15) is 9.90 Å². The van der Waals surface area contributed by atoms with Crippen LogP contribution in [0.2, 0.25) is 0 Å². The highest BCUT2D eigenvalue weighted by Gasteiger charge is 2.10. The number of anilines is 1. The van der Waals surface area contributed by atoms with Gasteiger partial charge in [-0.25, -0.2) is 0 Å². The van der Waals surface area contributed by atoms with Gasteiger partial charge >= 0.3 is 0 Å². The third kappa shape index (κ3) is 1.20. The van der Waals surface area contributed by atoms with E-state index in [1.807, 2.05) is 11.4 Å². The van der Waals surface area contributed by atoms with E-state index in [4.69, 9.17) is 5.73 Å². The fourth-order valence-corrected chi connectivity index (χ4v) is 2.40. The summed E-state index contributed by atoms with van der Waals surface area (Å²) in [5, 5.41) is 11.8. The van der Waals surface area contributed by atoms with E-state index in [1.54, 1.807) is 6.07 Å². The quantitative estimate of drug-likeness (QED) is 0.738. The molecule has 0 aliphatic rings. The van der Waals surface area contributed by atoms with E-state index in [2.05, 4.69) is 0 Å². The summed E-state index contributed by atoms with van der Waals surface area (Å²) in [6.07, 6.45) is 0.738. The molecule has 3 N–H and O–H groups in total. The SMILES string of the molecule is Nc1csc2ccc(C=O)c(CO)c12. The Morgan fingerprint density at radius 1 is 1.50 bits per heavy atom. The predicted octanol–water partition coefficient (Wildman–Crippen LogP) is 1.79. The van der Waals surface area contributed by atoms with Crippen LogP contribution in [-0.2, 0) is 6.61 Å². The molecule has 0 bridgehead atoms. The fraction of sp³-hybridized carbons (Fsp3) is 0.100. The molecule has 14 heavy (non-hydrogen) atoms. The van der Waals surface area contributed by atoms with Gasteiger partial charge in [-0.15, -0.1) is 11.3 Å². The molecule has 0 fully saturated rings. The lowest BCUT2D eigenvalue weighted by Gasteiger charge is -2.03. The van der Waals surface area contributed by atoms with Gasteiger partial charge in [-0.2, -0.15) is 0 Å². The zero-order valence-electron chi connectivity index (χ0n) is 7.36. The molecule has 0 amide bonds. The van der Waals surface area contributed by atoms with E-state index in [-0.39, 0.29) is 6.61 Å². The Kier molecular flexibility index (Phi) is 2.23. The molecular formula is C10H9NO2S. The van der Waals surface area contributed by atoms with Crippen LogP contribution in [-0.4, -0.2) is 11.4 Å². The maximum atomic E-state index is 10.7. The molecule has 0 spiro atoms. The van der Waals surface area contributed by atoms with Crippen LogP contribution in [0.3, 0.4) is 0 Å². The second-order valence-electron chi connectivity index (χ2n) is 2.97. The minimum absolute atomic E-state index is 0.160. The lowest BCUT2D eigenvalue weighted by molar-refractivity contribution is 0.112. The molecule has 0 saturated carbocycles.